The number of primary amides is 1. The highest BCUT2D eigenvalue weighted by atomic mass is 16.5. The Balaban J connectivity index is 1.69. The topological polar surface area (TPSA) is 174 Å². The monoisotopic (exact) mass is 577 g/mol. The van der Waals surface area contributed by atoms with Crippen molar-refractivity contribution in [1.29, 1.82) is 0 Å². The molecule has 0 radical (unpaired) electrons. The molecule has 0 saturated heterocycles. The maximum Gasteiger partial charge on any atom is 0.255 e. The van der Waals surface area contributed by atoms with Gasteiger partial charge in [0.25, 0.3) is 5.91 Å². The fourth-order valence-corrected chi connectivity index (χ4v) is 6.93. The summed E-state index contributed by atoms with van der Waals surface area (Å²) in [5.41, 5.74) is 4.66. The van der Waals surface area contributed by atoms with Crippen LogP contribution in [-0.4, -0.2) is 94.6 Å². The highest BCUT2D eigenvalue weighted by Gasteiger charge is 2.63. The third-order valence-corrected chi connectivity index (χ3v) is 8.68. The van der Waals surface area contributed by atoms with Crippen molar-refractivity contribution in [2.45, 2.75) is 31.0 Å². The largest absolute Gasteiger partial charge is 0.510 e. The summed E-state index contributed by atoms with van der Waals surface area (Å²) in [5, 5.41) is 45.0. The minimum Gasteiger partial charge on any atom is -0.510 e. The van der Waals surface area contributed by atoms with Gasteiger partial charge in [-0.1, -0.05) is 12.1 Å². The van der Waals surface area contributed by atoms with Crippen molar-refractivity contribution >= 4 is 17.5 Å². The minimum absolute atomic E-state index is 0.0232. The summed E-state index contributed by atoms with van der Waals surface area (Å²) in [5.74, 6) is -6.06. The molecule has 11 nitrogen and oxygen atoms in total. The van der Waals surface area contributed by atoms with Crippen LogP contribution in [0.4, 0.5) is 0 Å². The fraction of sp³-hybridized carbons (Fsp3) is 0.387. The number of hydrogen-bond donors (Lipinski definition) is 5. The van der Waals surface area contributed by atoms with Crippen molar-refractivity contribution in [3.05, 3.63) is 69.7 Å². The number of allylic oxidation sites excluding steroid dienone is 1. The van der Waals surface area contributed by atoms with Crippen LogP contribution in [0, 0.1) is 11.8 Å². The molecule has 0 aliphatic heterocycles. The van der Waals surface area contributed by atoms with E-state index in [0.717, 1.165) is 11.1 Å². The van der Waals surface area contributed by atoms with E-state index in [0.29, 0.717) is 23.4 Å². The Morgan fingerprint density at radius 2 is 1.79 bits per heavy atom. The summed E-state index contributed by atoms with van der Waals surface area (Å²) in [7, 11) is 8.66. The third-order valence-electron chi connectivity index (χ3n) is 8.68. The Kier molecular flexibility index (Phi) is 7.16. The highest BCUT2D eigenvalue weighted by Crippen LogP contribution is 2.53. The highest BCUT2D eigenvalue weighted by molar-refractivity contribution is 6.24. The number of carbonyl (C=O) groups excluding carboxylic acids is 3. The molecule has 5 rings (SSSR count). The van der Waals surface area contributed by atoms with E-state index in [1.54, 1.807) is 27.3 Å². The van der Waals surface area contributed by atoms with Crippen LogP contribution in [0.2, 0.25) is 0 Å². The van der Waals surface area contributed by atoms with Crippen molar-refractivity contribution in [1.82, 2.24) is 9.80 Å². The second-order valence-corrected chi connectivity index (χ2v) is 11.7. The van der Waals surface area contributed by atoms with E-state index in [2.05, 4.69) is 0 Å². The average Bonchev–Trinajstić information content (AvgIpc) is 2.90. The predicted octanol–water partition coefficient (Wildman–Crippen LogP) is 1.86. The first-order valence-corrected chi connectivity index (χ1v) is 13.6. The molecule has 2 aromatic carbocycles. The Bertz CT molecular complexity index is 1590. The molecule has 3 aliphatic rings. The molecular formula is C31H35N3O8. The molecule has 2 aromatic rings. The maximum absolute atomic E-state index is 14.0. The van der Waals surface area contributed by atoms with E-state index >= 15 is 0 Å². The van der Waals surface area contributed by atoms with Gasteiger partial charge in [-0.05, 0) is 81.8 Å². The van der Waals surface area contributed by atoms with E-state index in [9.17, 15) is 34.8 Å². The molecule has 3 aliphatic carbocycles. The van der Waals surface area contributed by atoms with Gasteiger partial charge in [-0.3, -0.25) is 19.3 Å². The first-order valence-electron chi connectivity index (χ1n) is 13.6. The predicted molar refractivity (Wildman–Crippen MR) is 153 cm³/mol. The van der Waals surface area contributed by atoms with Crippen molar-refractivity contribution in [2.75, 3.05) is 35.3 Å². The number of carbonyl (C=O) groups is 3. The zero-order valence-electron chi connectivity index (χ0n) is 24.1. The summed E-state index contributed by atoms with van der Waals surface area (Å²) in [6, 6.07) is 7.77. The maximum atomic E-state index is 14.0. The molecule has 11 heteroatoms. The lowest BCUT2D eigenvalue weighted by Crippen LogP contribution is -2.63. The van der Waals surface area contributed by atoms with Crippen molar-refractivity contribution < 1.29 is 39.5 Å². The number of nitrogens with two attached hydrogens (primary N) is 1. The van der Waals surface area contributed by atoms with Gasteiger partial charge in [0.1, 0.15) is 28.6 Å². The summed E-state index contributed by atoms with van der Waals surface area (Å²) < 4.78 is 5.53. The van der Waals surface area contributed by atoms with Gasteiger partial charge in [0, 0.05) is 23.6 Å². The fourth-order valence-electron chi connectivity index (χ4n) is 6.93. The van der Waals surface area contributed by atoms with Crippen LogP contribution in [-0.2, 0) is 22.6 Å². The van der Waals surface area contributed by atoms with Gasteiger partial charge in [-0.25, -0.2) is 0 Å². The van der Waals surface area contributed by atoms with Gasteiger partial charge < -0.3 is 35.8 Å². The summed E-state index contributed by atoms with van der Waals surface area (Å²) in [4.78, 5) is 43.1. The summed E-state index contributed by atoms with van der Waals surface area (Å²) in [6.45, 7) is 0.601. The lowest BCUT2D eigenvalue weighted by atomic mass is 9.58. The van der Waals surface area contributed by atoms with E-state index in [1.807, 2.05) is 37.2 Å². The normalized spacial score (nSPS) is 25.5. The van der Waals surface area contributed by atoms with E-state index in [-0.39, 0.29) is 29.7 Å². The number of ether oxygens (including phenoxy) is 1. The van der Waals surface area contributed by atoms with Gasteiger partial charge in [-0.15, -0.1) is 0 Å². The standard InChI is InChI=1S/C31H35N3O8/c1-33(2)13-16-10-14(6-9-21(16)42-5)17-7-8-20(35)23-18(17)11-15-12-19-25(34(3)4)27(37)24(30(32)40)29(39)31(19,41)28(38)22(15)26(23)36/h6-10,15,19,25,35,37-38,41H,11-13H2,1-5H3,(H2,32,40)/t15-,19?,25-,31-/m0/s1. The van der Waals surface area contributed by atoms with Crippen LogP contribution in [0.3, 0.4) is 0 Å². The number of benzene rings is 2. The number of aliphatic hydroxyl groups is 3. The second-order valence-electron chi connectivity index (χ2n) is 11.7. The van der Waals surface area contributed by atoms with Crippen molar-refractivity contribution in [2.24, 2.45) is 17.6 Å². The molecule has 1 amide bonds. The lowest BCUT2D eigenvalue weighted by molar-refractivity contribution is -0.148. The molecule has 42 heavy (non-hydrogen) atoms. The summed E-state index contributed by atoms with van der Waals surface area (Å²) in [6.07, 6.45) is 0.225. The second kappa shape index (κ2) is 10.3. The van der Waals surface area contributed by atoms with E-state index in [1.165, 1.54) is 11.0 Å². The Labute approximate surface area is 243 Å². The zero-order chi connectivity index (χ0) is 30.8. The average molecular weight is 578 g/mol. The molecule has 0 heterocycles. The van der Waals surface area contributed by atoms with Gasteiger partial charge in [0.2, 0.25) is 5.78 Å². The number of aliphatic hydroxyl groups excluding tert-OH is 2. The van der Waals surface area contributed by atoms with Gasteiger partial charge in [-0.2, -0.15) is 0 Å². The molecule has 6 N–H and O–H groups in total. The number of fused-ring (bicyclic) bond motifs is 3. The first-order chi connectivity index (χ1) is 19.7. The van der Waals surface area contributed by atoms with Gasteiger partial charge in [0.15, 0.2) is 11.4 Å². The zero-order valence-corrected chi connectivity index (χ0v) is 24.1. The number of ketones is 2. The number of amides is 1. The first kappa shape index (κ1) is 29.3. The quantitative estimate of drug-likeness (QED) is 0.319. The number of likely N-dealkylation sites (N-methyl/N-ethyl adjacent to an activating group) is 1. The number of phenolic OH excluding ortho intramolecular Hbond substituents is 1. The van der Waals surface area contributed by atoms with Crippen LogP contribution in [0.1, 0.15) is 27.9 Å². The number of aromatic hydroxyl groups is 1. The van der Waals surface area contributed by atoms with E-state index < -0.39 is 58.0 Å². The Hall–Kier alpha value is -4.19. The minimum atomic E-state index is -2.67. The molecule has 1 unspecified atom stereocenters. The molecule has 222 valence electrons. The Morgan fingerprint density at radius 1 is 1.10 bits per heavy atom. The summed E-state index contributed by atoms with van der Waals surface area (Å²) >= 11 is 0. The van der Waals surface area contributed by atoms with Crippen LogP contribution < -0.4 is 10.5 Å². The molecule has 0 saturated carbocycles. The SMILES string of the molecule is COc1ccc(-c2ccc(O)c3c2C[C@H]2CC4[C@H](N(C)C)C(O)=C(C(N)=O)C(=O)[C@@]4(O)C(O)=C2C3=O)cc1CN(C)C. The number of rotatable bonds is 6. The number of nitrogens with zero attached hydrogens (tertiary/aromatic N) is 2. The van der Waals surface area contributed by atoms with Crippen LogP contribution in [0.5, 0.6) is 11.5 Å². The molecule has 0 bridgehead atoms. The molecule has 0 spiro atoms. The lowest BCUT2D eigenvalue weighted by Gasteiger charge is -2.50. The number of Topliss-reactive ketones (excluding diaryl/α,β-unsaturated/α-hetero) is 2. The van der Waals surface area contributed by atoms with Crippen molar-refractivity contribution in [3.63, 3.8) is 0 Å². The van der Waals surface area contributed by atoms with Crippen LogP contribution in [0.25, 0.3) is 11.1 Å². The molecular weight excluding hydrogens is 542 g/mol. The van der Waals surface area contributed by atoms with Gasteiger partial charge in [0.05, 0.1) is 18.7 Å². The molecule has 0 aromatic heterocycles. The molecule has 0 fully saturated rings. The van der Waals surface area contributed by atoms with Crippen molar-refractivity contribution in [3.8, 4) is 22.6 Å². The number of phenols is 1. The van der Waals surface area contributed by atoms with E-state index in [4.69, 9.17) is 10.5 Å². The number of hydrogen-bond acceptors (Lipinski definition) is 10. The van der Waals surface area contributed by atoms with Crippen LogP contribution >= 0.6 is 0 Å². The smallest absolute Gasteiger partial charge is 0.255 e. The Morgan fingerprint density at radius 3 is 2.38 bits per heavy atom. The number of methoxy groups -OCH3 is 1. The molecule has 4 atom stereocenters. The van der Waals surface area contributed by atoms with Crippen LogP contribution in [0.15, 0.2) is 53.0 Å². The third kappa shape index (κ3) is 4.19. The van der Waals surface area contributed by atoms with Gasteiger partial charge >= 0.3 is 0 Å².